The van der Waals surface area contributed by atoms with Crippen molar-refractivity contribution in [3.63, 3.8) is 0 Å². The molecule has 0 heterocycles. The van der Waals surface area contributed by atoms with Crippen molar-refractivity contribution in [3.8, 4) is 0 Å². The quantitative estimate of drug-likeness (QED) is 0.717. The molecule has 0 spiro atoms. The van der Waals surface area contributed by atoms with E-state index < -0.39 is 0 Å². The lowest BCUT2D eigenvalue weighted by molar-refractivity contribution is -0.118. The van der Waals surface area contributed by atoms with Crippen LogP contribution >= 0.6 is 11.8 Å². The van der Waals surface area contributed by atoms with Crippen molar-refractivity contribution in [1.82, 2.24) is 0 Å². The van der Waals surface area contributed by atoms with E-state index in [0.717, 1.165) is 11.3 Å². The molecule has 0 saturated heterocycles. The second-order valence-electron chi connectivity index (χ2n) is 5.03. The first-order valence-corrected chi connectivity index (χ1v) is 7.83. The summed E-state index contributed by atoms with van der Waals surface area (Å²) in [5.41, 5.74) is 2.49. The van der Waals surface area contributed by atoms with Gasteiger partial charge in [-0.25, -0.2) is 0 Å². The number of hydrogen-bond donors (Lipinski definition) is 0. The second-order valence-corrected chi connectivity index (χ2v) is 6.44. The van der Waals surface area contributed by atoms with Gasteiger partial charge in [0.05, 0.1) is 5.25 Å². The molecule has 0 fully saturated rings. The zero-order valence-electron chi connectivity index (χ0n) is 12.0. The molecule has 1 nitrogen and oxygen atoms in total. The minimum absolute atomic E-state index is 0.0165. The smallest absolute Gasteiger partial charge is 0.146 e. The molecular formula is C18H20OS. The Morgan fingerprint density at radius 2 is 1.70 bits per heavy atom. The normalized spacial score (nSPS) is 12.1. The lowest BCUT2D eigenvalue weighted by Gasteiger charge is -2.10. The maximum atomic E-state index is 12.2. The molecule has 20 heavy (non-hydrogen) atoms. The molecule has 0 aliphatic rings. The summed E-state index contributed by atoms with van der Waals surface area (Å²) in [5, 5.41) is 0.0165. The molecule has 0 aliphatic heterocycles. The standard InChI is InChI=1S/C18H20OS/c1-14-8-10-16(11-9-14)12-13-18(19)15(2)20-17-6-4-3-5-7-17/h3-11,15H,12-13H2,1-2H3. The predicted octanol–water partition coefficient (Wildman–Crippen LogP) is 4.68. The Morgan fingerprint density at radius 1 is 1.05 bits per heavy atom. The highest BCUT2D eigenvalue weighted by atomic mass is 32.2. The van der Waals surface area contributed by atoms with Crippen LogP contribution in [0.2, 0.25) is 0 Å². The molecule has 1 atom stereocenters. The van der Waals surface area contributed by atoms with E-state index in [2.05, 4.69) is 43.3 Å². The molecule has 2 aromatic carbocycles. The molecule has 2 aromatic rings. The summed E-state index contributed by atoms with van der Waals surface area (Å²) in [4.78, 5) is 13.3. The molecule has 0 aromatic heterocycles. The maximum Gasteiger partial charge on any atom is 0.146 e. The fraction of sp³-hybridized carbons (Fsp3) is 0.278. The van der Waals surface area contributed by atoms with Crippen molar-refractivity contribution in [3.05, 3.63) is 65.7 Å². The van der Waals surface area contributed by atoms with Crippen LogP contribution in [-0.2, 0) is 11.2 Å². The van der Waals surface area contributed by atoms with Gasteiger partial charge in [0.15, 0.2) is 0 Å². The van der Waals surface area contributed by atoms with E-state index in [1.807, 2.05) is 25.1 Å². The summed E-state index contributed by atoms with van der Waals surface area (Å²) < 4.78 is 0. The number of carbonyl (C=O) groups excluding carboxylic acids is 1. The third-order valence-electron chi connectivity index (χ3n) is 3.29. The van der Waals surface area contributed by atoms with Gasteiger partial charge < -0.3 is 0 Å². The Balaban J connectivity index is 1.83. The van der Waals surface area contributed by atoms with E-state index >= 15 is 0 Å². The molecule has 0 N–H and O–H groups in total. The molecule has 1 unspecified atom stereocenters. The van der Waals surface area contributed by atoms with Gasteiger partial charge in [-0.1, -0.05) is 48.0 Å². The molecule has 0 saturated carbocycles. The minimum Gasteiger partial charge on any atom is -0.298 e. The van der Waals surface area contributed by atoms with Gasteiger partial charge in [0.2, 0.25) is 0 Å². The number of carbonyl (C=O) groups is 1. The van der Waals surface area contributed by atoms with Gasteiger partial charge in [-0.3, -0.25) is 4.79 Å². The summed E-state index contributed by atoms with van der Waals surface area (Å²) in [6, 6.07) is 18.5. The van der Waals surface area contributed by atoms with E-state index in [-0.39, 0.29) is 5.25 Å². The highest BCUT2D eigenvalue weighted by Gasteiger charge is 2.14. The average Bonchev–Trinajstić information content (AvgIpc) is 2.47. The number of thioether (sulfide) groups is 1. The molecule has 0 amide bonds. The molecule has 104 valence electrons. The average molecular weight is 284 g/mol. The molecule has 0 bridgehead atoms. The fourth-order valence-electron chi connectivity index (χ4n) is 1.99. The van der Waals surface area contributed by atoms with E-state index in [4.69, 9.17) is 0 Å². The summed E-state index contributed by atoms with van der Waals surface area (Å²) >= 11 is 1.64. The van der Waals surface area contributed by atoms with Crippen LogP contribution in [0.25, 0.3) is 0 Å². The third-order valence-corrected chi connectivity index (χ3v) is 4.45. The summed E-state index contributed by atoms with van der Waals surface area (Å²) in [6.07, 6.45) is 1.45. The van der Waals surface area contributed by atoms with E-state index in [9.17, 15) is 4.79 Å². The van der Waals surface area contributed by atoms with Crippen LogP contribution in [0.5, 0.6) is 0 Å². The first-order chi connectivity index (χ1) is 9.65. The van der Waals surface area contributed by atoms with E-state index in [1.54, 1.807) is 11.8 Å². The van der Waals surface area contributed by atoms with Crippen LogP contribution in [0.1, 0.15) is 24.5 Å². The maximum absolute atomic E-state index is 12.2. The summed E-state index contributed by atoms with van der Waals surface area (Å²) in [7, 11) is 0. The zero-order chi connectivity index (χ0) is 14.4. The molecular weight excluding hydrogens is 264 g/mol. The van der Waals surface area contributed by atoms with Crippen LogP contribution in [0.4, 0.5) is 0 Å². The second kappa shape index (κ2) is 7.30. The van der Waals surface area contributed by atoms with Gasteiger partial charge in [0.1, 0.15) is 5.78 Å². The Bertz CT molecular complexity index is 545. The zero-order valence-corrected chi connectivity index (χ0v) is 12.8. The number of aryl methyl sites for hydroxylation is 2. The van der Waals surface area contributed by atoms with Crippen LogP contribution in [0.3, 0.4) is 0 Å². The first-order valence-electron chi connectivity index (χ1n) is 6.95. The van der Waals surface area contributed by atoms with Crippen LogP contribution in [0.15, 0.2) is 59.5 Å². The number of rotatable bonds is 6. The Hall–Kier alpha value is -1.54. The highest BCUT2D eigenvalue weighted by Crippen LogP contribution is 2.24. The van der Waals surface area contributed by atoms with Crippen LogP contribution in [-0.4, -0.2) is 11.0 Å². The molecule has 2 rings (SSSR count). The van der Waals surface area contributed by atoms with Crippen LogP contribution < -0.4 is 0 Å². The van der Waals surface area contributed by atoms with Crippen molar-refractivity contribution in [2.24, 2.45) is 0 Å². The lowest BCUT2D eigenvalue weighted by atomic mass is 10.1. The summed E-state index contributed by atoms with van der Waals surface area (Å²) in [6.45, 7) is 4.07. The van der Waals surface area contributed by atoms with Gasteiger partial charge in [-0.15, -0.1) is 11.8 Å². The van der Waals surface area contributed by atoms with Gasteiger partial charge in [0.25, 0.3) is 0 Å². The molecule has 0 radical (unpaired) electrons. The van der Waals surface area contributed by atoms with Crippen molar-refractivity contribution >= 4 is 17.5 Å². The van der Waals surface area contributed by atoms with Crippen molar-refractivity contribution in [1.29, 1.82) is 0 Å². The monoisotopic (exact) mass is 284 g/mol. The van der Waals surface area contributed by atoms with E-state index in [1.165, 1.54) is 11.1 Å². The summed E-state index contributed by atoms with van der Waals surface area (Å²) in [5.74, 6) is 0.319. The predicted molar refractivity (Wildman–Crippen MR) is 86.3 cm³/mol. The number of benzene rings is 2. The largest absolute Gasteiger partial charge is 0.298 e. The van der Waals surface area contributed by atoms with Crippen LogP contribution in [0, 0.1) is 6.92 Å². The molecule has 0 aliphatic carbocycles. The Morgan fingerprint density at radius 3 is 2.35 bits per heavy atom. The highest BCUT2D eigenvalue weighted by molar-refractivity contribution is 8.00. The Kier molecular flexibility index (Phi) is 5.42. The lowest BCUT2D eigenvalue weighted by Crippen LogP contribution is -2.13. The Labute approximate surface area is 125 Å². The fourth-order valence-corrected chi connectivity index (χ4v) is 2.97. The first kappa shape index (κ1) is 14.9. The number of Topliss-reactive ketones (excluding diaryl/α,β-unsaturated/α-hetero) is 1. The minimum atomic E-state index is 0.0165. The van der Waals surface area contributed by atoms with Crippen molar-refractivity contribution in [2.75, 3.05) is 0 Å². The number of ketones is 1. The number of hydrogen-bond acceptors (Lipinski definition) is 2. The molecule has 2 heteroatoms. The van der Waals surface area contributed by atoms with Gasteiger partial charge in [0, 0.05) is 11.3 Å². The SMILES string of the molecule is Cc1ccc(CCC(=O)C(C)Sc2ccccc2)cc1. The van der Waals surface area contributed by atoms with Gasteiger partial charge in [-0.2, -0.15) is 0 Å². The van der Waals surface area contributed by atoms with Crippen molar-refractivity contribution < 1.29 is 4.79 Å². The van der Waals surface area contributed by atoms with Crippen molar-refractivity contribution in [2.45, 2.75) is 36.8 Å². The topological polar surface area (TPSA) is 17.1 Å². The van der Waals surface area contributed by atoms with Gasteiger partial charge in [-0.05, 0) is 38.0 Å². The van der Waals surface area contributed by atoms with E-state index in [0.29, 0.717) is 12.2 Å². The third kappa shape index (κ3) is 4.53. The van der Waals surface area contributed by atoms with Gasteiger partial charge >= 0.3 is 0 Å².